The summed E-state index contributed by atoms with van der Waals surface area (Å²) in [6, 6.07) is 9.70. The normalized spacial score (nSPS) is 16.3. The van der Waals surface area contributed by atoms with Gasteiger partial charge in [-0.2, -0.15) is 0 Å². The van der Waals surface area contributed by atoms with Gasteiger partial charge in [-0.1, -0.05) is 30.8 Å². The lowest BCUT2D eigenvalue weighted by atomic mass is 9.86. The molecule has 26 heavy (non-hydrogen) atoms. The standard InChI is InChI=1S/C19H18N4O2S/c1-2-8-26-19-22-17-16(18(25)23-19)13(10-15(24)21-17)11-5-6-14-12(9-11)4-3-7-20-14/h3-7,9,13H,2,8,10H2,1H3,(H2,21,22,23,24,25). The van der Waals surface area contributed by atoms with Crippen LogP contribution in [0.15, 0.2) is 46.5 Å². The number of pyridine rings is 1. The van der Waals surface area contributed by atoms with E-state index in [0.717, 1.165) is 28.6 Å². The molecule has 0 saturated carbocycles. The molecule has 1 aliphatic heterocycles. The highest BCUT2D eigenvalue weighted by molar-refractivity contribution is 7.99. The number of benzene rings is 1. The Kier molecular flexibility index (Phi) is 4.46. The summed E-state index contributed by atoms with van der Waals surface area (Å²) in [7, 11) is 0. The Morgan fingerprint density at radius 3 is 3.00 bits per heavy atom. The fraction of sp³-hybridized carbons (Fsp3) is 0.263. The number of anilines is 1. The van der Waals surface area contributed by atoms with Crippen LogP contribution < -0.4 is 10.9 Å². The van der Waals surface area contributed by atoms with Gasteiger partial charge in [-0.05, 0) is 30.2 Å². The van der Waals surface area contributed by atoms with E-state index in [2.05, 4.69) is 27.2 Å². The first-order valence-electron chi connectivity index (χ1n) is 8.57. The number of nitrogens with zero attached hydrogens (tertiary/aromatic N) is 2. The SMILES string of the molecule is CCCSc1nc2c(c(=O)[nH]1)C(c1ccc3ncccc3c1)CC(=O)N2. The fourth-order valence-electron chi connectivity index (χ4n) is 3.21. The Balaban J connectivity index is 1.81. The summed E-state index contributed by atoms with van der Waals surface area (Å²) in [5, 5.41) is 4.28. The first kappa shape index (κ1) is 16.8. The van der Waals surface area contributed by atoms with Crippen LogP contribution in [0.3, 0.4) is 0 Å². The summed E-state index contributed by atoms with van der Waals surface area (Å²) < 4.78 is 0. The average Bonchev–Trinajstić information content (AvgIpc) is 2.65. The van der Waals surface area contributed by atoms with Crippen LogP contribution >= 0.6 is 11.8 Å². The molecule has 0 saturated heterocycles. The molecule has 1 aliphatic rings. The molecule has 132 valence electrons. The van der Waals surface area contributed by atoms with Crippen LogP contribution in [-0.4, -0.2) is 26.6 Å². The summed E-state index contributed by atoms with van der Waals surface area (Å²) in [4.78, 5) is 36.6. The molecule has 0 radical (unpaired) electrons. The van der Waals surface area contributed by atoms with Crippen molar-refractivity contribution in [1.82, 2.24) is 15.0 Å². The minimum atomic E-state index is -0.315. The van der Waals surface area contributed by atoms with E-state index in [9.17, 15) is 9.59 Å². The van der Waals surface area contributed by atoms with Gasteiger partial charge in [0.1, 0.15) is 5.82 Å². The van der Waals surface area contributed by atoms with Crippen molar-refractivity contribution < 1.29 is 4.79 Å². The number of aromatic nitrogens is 3. The number of hydrogen-bond donors (Lipinski definition) is 2. The number of nitrogens with one attached hydrogen (secondary N) is 2. The van der Waals surface area contributed by atoms with Gasteiger partial charge in [-0.25, -0.2) is 4.98 Å². The minimum absolute atomic E-state index is 0.127. The Labute approximate surface area is 154 Å². The van der Waals surface area contributed by atoms with E-state index in [4.69, 9.17) is 0 Å². The molecule has 2 N–H and O–H groups in total. The highest BCUT2D eigenvalue weighted by atomic mass is 32.2. The first-order valence-corrected chi connectivity index (χ1v) is 9.56. The van der Waals surface area contributed by atoms with Gasteiger partial charge in [0.05, 0.1) is 11.1 Å². The van der Waals surface area contributed by atoms with Gasteiger partial charge in [-0.15, -0.1) is 0 Å². The van der Waals surface area contributed by atoms with Crippen molar-refractivity contribution in [3.63, 3.8) is 0 Å². The lowest BCUT2D eigenvalue weighted by molar-refractivity contribution is -0.116. The summed E-state index contributed by atoms with van der Waals surface area (Å²) in [6.07, 6.45) is 2.95. The van der Waals surface area contributed by atoms with Crippen molar-refractivity contribution in [2.75, 3.05) is 11.1 Å². The molecule has 1 atom stereocenters. The first-order chi connectivity index (χ1) is 12.7. The maximum atomic E-state index is 12.7. The van der Waals surface area contributed by atoms with Crippen molar-refractivity contribution in [3.8, 4) is 0 Å². The number of hydrogen-bond acceptors (Lipinski definition) is 5. The molecule has 3 aromatic rings. The van der Waals surface area contributed by atoms with Gasteiger partial charge < -0.3 is 10.3 Å². The number of fused-ring (bicyclic) bond motifs is 2. The molecule has 0 bridgehead atoms. The topological polar surface area (TPSA) is 87.7 Å². The third-order valence-electron chi connectivity index (χ3n) is 4.40. The van der Waals surface area contributed by atoms with Crippen LogP contribution in [0.1, 0.15) is 36.8 Å². The monoisotopic (exact) mass is 366 g/mol. The number of carbonyl (C=O) groups is 1. The van der Waals surface area contributed by atoms with Crippen LogP contribution in [0.25, 0.3) is 10.9 Å². The quantitative estimate of drug-likeness (QED) is 0.546. The summed E-state index contributed by atoms with van der Waals surface area (Å²) in [6.45, 7) is 2.07. The van der Waals surface area contributed by atoms with E-state index >= 15 is 0 Å². The zero-order valence-electron chi connectivity index (χ0n) is 14.3. The molecule has 2 aromatic heterocycles. The Hall–Kier alpha value is -2.67. The van der Waals surface area contributed by atoms with E-state index in [1.807, 2.05) is 30.3 Å². The van der Waals surface area contributed by atoms with E-state index in [-0.39, 0.29) is 23.8 Å². The van der Waals surface area contributed by atoms with Gasteiger partial charge in [0.15, 0.2) is 5.16 Å². The molecular formula is C19H18N4O2S. The molecule has 7 heteroatoms. The lowest BCUT2D eigenvalue weighted by Gasteiger charge is -2.24. The summed E-state index contributed by atoms with van der Waals surface area (Å²) >= 11 is 1.48. The van der Waals surface area contributed by atoms with Gasteiger partial charge in [0.25, 0.3) is 5.56 Å². The van der Waals surface area contributed by atoms with Gasteiger partial charge in [0, 0.05) is 29.7 Å². The second-order valence-electron chi connectivity index (χ2n) is 6.24. The molecule has 0 spiro atoms. The number of carbonyl (C=O) groups excluding carboxylic acids is 1. The van der Waals surface area contributed by atoms with E-state index in [0.29, 0.717) is 16.5 Å². The predicted octanol–water partition coefficient (Wildman–Crippen LogP) is 3.29. The largest absolute Gasteiger partial charge is 0.310 e. The van der Waals surface area contributed by atoms with E-state index in [1.165, 1.54) is 11.8 Å². The molecule has 1 unspecified atom stereocenters. The maximum Gasteiger partial charge on any atom is 0.257 e. The molecule has 0 fully saturated rings. The Morgan fingerprint density at radius 1 is 1.27 bits per heavy atom. The van der Waals surface area contributed by atoms with Crippen molar-refractivity contribution in [3.05, 3.63) is 58.0 Å². The Bertz CT molecular complexity index is 1050. The van der Waals surface area contributed by atoms with E-state index < -0.39 is 0 Å². The summed E-state index contributed by atoms with van der Waals surface area (Å²) in [5.74, 6) is 0.791. The highest BCUT2D eigenvalue weighted by Gasteiger charge is 2.31. The van der Waals surface area contributed by atoms with Gasteiger partial charge >= 0.3 is 0 Å². The number of amides is 1. The van der Waals surface area contributed by atoms with Gasteiger partial charge in [0.2, 0.25) is 5.91 Å². The second kappa shape index (κ2) is 6.92. The van der Waals surface area contributed by atoms with Crippen molar-refractivity contribution in [2.24, 2.45) is 0 Å². The van der Waals surface area contributed by atoms with Crippen LogP contribution in [0.5, 0.6) is 0 Å². The zero-order valence-corrected chi connectivity index (χ0v) is 15.1. The van der Waals surface area contributed by atoms with Crippen LogP contribution in [0, 0.1) is 0 Å². The van der Waals surface area contributed by atoms with Crippen molar-refractivity contribution in [1.29, 1.82) is 0 Å². The molecule has 4 rings (SSSR count). The minimum Gasteiger partial charge on any atom is -0.310 e. The molecule has 6 nitrogen and oxygen atoms in total. The van der Waals surface area contributed by atoms with E-state index in [1.54, 1.807) is 6.20 Å². The molecular weight excluding hydrogens is 348 g/mol. The predicted molar refractivity (Wildman–Crippen MR) is 103 cm³/mol. The smallest absolute Gasteiger partial charge is 0.257 e. The molecule has 1 amide bonds. The number of H-pyrrole nitrogens is 1. The van der Waals surface area contributed by atoms with Crippen LogP contribution in [-0.2, 0) is 4.79 Å². The van der Waals surface area contributed by atoms with Crippen molar-refractivity contribution in [2.45, 2.75) is 30.8 Å². The second-order valence-corrected chi connectivity index (χ2v) is 7.33. The lowest BCUT2D eigenvalue weighted by Crippen LogP contribution is -2.31. The zero-order chi connectivity index (χ0) is 18.1. The highest BCUT2D eigenvalue weighted by Crippen LogP contribution is 2.35. The molecule has 0 aliphatic carbocycles. The van der Waals surface area contributed by atoms with Crippen LogP contribution in [0.4, 0.5) is 5.82 Å². The number of thioether (sulfide) groups is 1. The molecule has 3 heterocycles. The Morgan fingerprint density at radius 2 is 2.15 bits per heavy atom. The fourth-order valence-corrected chi connectivity index (χ4v) is 3.93. The third-order valence-corrected chi connectivity index (χ3v) is 5.48. The third kappa shape index (κ3) is 3.10. The maximum absolute atomic E-state index is 12.7. The van der Waals surface area contributed by atoms with Gasteiger partial charge in [-0.3, -0.25) is 14.6 Å². The summed E-state index contributed by atoms with van der Waals surface area (Å²) in [5.41, 5.74) is 2.14. The number of rotatable bonds is 4. The van der Waals surface area contributed by atoms with Crippen LogP contribution in [0.2, 0.25) is 0 Å². The molecule has 1 aromatic carbocycles. The average molecular weight is 366 g/mol. The van der Waals surface area contributed by atoms with Crippen molar-refractivity contribution >= 4 is 34.4 Å². The number of aromatic amines is 1.